The third-order valence-electron chi connectivity index (χ3n) is 6.07. The fourth-order valence-corrected chi connectivity index (χ4v) is 4.18. The monoisotopic (exact) mass is 742 g/mol. The molecule has 14 nitrogen and oxygen atoms in total. The molecule has 1 aromatic carbocycles. The van der Waals surface area contributed by atoms with Gasteiger partial charge in [0.2, 0.25) is 0 Å². The largest absolute Gasteiger partial charge is 0.460 e. The van der Waals surface area contributed by atoms with Crippen LogP contribution in [0.25, 0.3) is 0 Å². The van der Waals surface area contributed by atoms with Crippen molar-refractivity contribution in [1.29, 1.82) is 0 Å². The van der Waals surface area contributed by atoms with Gasteiger partial charge < -0.3 is 10.1 Å². The lowest BCUT2D eigenvalue weighted by molar-refractivity contribution is -0.361. The number of methoxy groups -OCH3 is 1. The summed E-state index contributed by atoms with van der Waals surface area (Å²) >= 11 is 12.2. The van der Waals surface area contributed by atoms with Gasteiger partial charge in [0.1, 0.15) is 12.2 Å². The quantitative estimate of drug-likeness (QED) is 0.129. The molecule has 3 rings (SSSR count). The van der Waals surface area contributed by atoms with E-state index in [0.29, 0.717) is 5.01 Å². The Morgan fingerprint density at radius 3 is 2.33 bits per heavy atom. The molecular formula is C26H23Cl2F7N10O4. The predicted octanol–water partition coefficient (Wildman–Crippen LogP) is 5.30. The van der Waals surface area contributed by atoms with Gasteiger partial charge in [0.05, 0.1) is 29.1 Å². The highest BCUT2D eigenvalue weighted by Gasteiger charge is 2.75. The number of amides is 3. The lowest BCUT2D eigenvalue weighted by Gasteiger charge is -2.25. The van der Waals surface area contributed by atoms with Crippen molar-refractivity contribution in [2.45, 2.75) is 38.4 Å². The Morgan fingerprint density at radius 2 is 1.76 bits per heavy atom. The van der Waals surface area contributed by atoms with Crippen LogP contribution < -0.4 is 10.7 Å². The van der Waals surface area contributed by atoms with E-state index in [-0.39, 0.29) is 43.2 Å². The molecule has 2 N–H and O–H groups in total. The zero-order chi connectivity index (χ0) is 37.1. The summed E-state index contributed by atoms with van der Waals surface area (Å²) in [5, 5.41) is 15.9. The van der Waals surface area contributed by atoms with Crippen molar-refractivity contribution in [3.05, 3.63) is 75.4 Å². The number of nitrogens with one attached hydrogen (secondary N) is 2. The molecule has 49 heavy (non-hydrogen) atoms. The molecular weight excluding hydrogens is 720 g/mol. The molecule has 2 heterocycles. The number of anilines is 1. The first-order valence-electron chi connectivity index (χ1n) is 13.1. The number of benzene rings is 1. The van der Waals surface area contributed by atoms with Crippen molar-refractivity contribution in [1.82, 2.24) is 40.4 Å². The minimum absolute atomic E-state index is 0.0752. The highest BCUT2D eigenvalue weighted by molar-refractivity contribution is 6.43. The Hall–Kier alpha value is -5.05. The summed E-state index contributed by atoms with van der Waals surface area (Å²) in [5.74, 6) is -16.8. The lowest BCUT2D eigenvalue weighted by atomic mass is 10.1. The average molecular weight is 743 g/mol. The molecule has 0 fully saturated rings. The molecule has 0 unspecified atom stereocenters. The van der Waals surface area contributed by atoms with Gasteiger partial charge in [-0.15, -0.1) is 10.2 Å². The van der Waals surface area contributed by atoms with Crippen molar-refractivity contribution in [2.24, 2.45) is 4.99 Å². The summed E-state index contributed by atoms with van der Waals surface area (Å²) in [4.78, 5) is 42.9. The van der Waals surface area contributed by atoms with Crippen LogP contribution in [0.4, 0.5) is 41.2 Å². The summed E-state index contributed by atoms with van der Waals surface area (Å²) in [5.41, 5.74) is 1.50. The van der Waals surface area contributed by atoms with Gasteiger partial charge in [0, 0.05) is 18.3 Å². The van der Waals surface area contributed by atoms with E-state index in [9.17, 15) is 45.1 Å². The minimum atomic E-state index is -6.64. The van der Waals surface area contributed by atoms with Crippen LogP contribution in [0, 0.1) is 6.92 Å². The number of allylic oxidation sites excluding steroid dienone is 2. The molecule has 0 atom stereocenters. The second kappa shape index (κ2) is 14.6. The van der Waals surface area contributed by atoms with Gasteiger partial charge in [-0.2, -0.15) is 40.6 Å². The predicted molar refractivity (Wildman–Crippen MR) is 158 cm³/mol. The van der Waals surface area contributed by atoms with Crippen molar-refractivity contribution >= 4 is 52.6 Å². The Labute approximate surface area is 281 Å². The summed E-state index contributed by atoms with van der Waals surface area (Å²) in [6.07, 6.45) is -4.87. The van der Waals surface area contributed by atoms with Gasteiger partial charge in [-0.1, -0.05) is 35.9 Å². The van der Waals surface area contributed by atoms with E-state index in [1.54, 1.807) is 6.92 Å². The molecule has 0 saturated carbocycles. The molecule has 0 spiro atoms. The molecule has 264 valence electrons. The summed E-state index contributed by atoms with van der Waals surface area (Å²) in [6.45, 7) is 5.82. The van der Waals surface area contributed by atoms with Crippen molar-refractivity contribution in [3.8, 4) is 0 Å². The van der Waals surface area contributed by atoms with Crippen molar-refractivity contribution < 1.29 is 49.9 Å². The number of alkyl halides is 7. The van der Waals surface area contributed by atoms with E-state index < -0.39 is 54.0 Å². The number of rotatable bonds is 9. The maximum Gasteiger partial charge on any atom is 0.460 e. The minimum Gasteiger partial charge on any atom is -0.452 e. The molecule has 0 radical (unpaired) electrons. The van der Waals surface area contributed by atoms with Gasteiger partial charge in [-0.25, -0.2) is 19.5 Å². The number of aryl methyl sites for hydroxylation is 1. The number of hydrogen-bond acceptors (Lipinski definition) is 9. The highest BCUT2D eigenvalue weighted by Crippen LogP contribution is 2.50. The van der Waals surface area contributed by atoms with Gasteiger partial charge in [0.15, 0.2) is 5.84 Å². The Balaban J connectivity index is 2.08. The summed E-state index contributed by atoms with van der Waals surface area (Å²) in [6, 6.07) is 3.59. The Morgan fingerprint density at radius 1 is 1.10 bits per heavy atom. The van der Waals surface area contributed by atoms with Gasteiger partial charge >= 0.3 is 24.1 Å². The number of carbonyl (C=O) groups excluding carboxylic acids is 3. The van der Waals surface area contributed by atoms with Crippen LogP contribution in [0.2, 0.25) is 5.02 Å². The fraction of sp³-hybridized carbons (Fsp3) is 0.308. The summed E-state index contributed by atoms with van der Waals surface area (Å²) in [7, 11) is 2.25. The molecule has 0 bridgehead atoms. The van der Waals surface area contributed by atoms with Crippen LogP contribution in [0.1, 0.15) is 44.9 Å². The van der Waals surface area contributed by atoms with E-state index in [4.69, 9.17) is 23.2 Å². The first kappa shape index (κ1) is 38.4. The number of tetrazole rings is 1. The molecule has 3 aromatic rings. The molecule has 0 aliphatic carbocycles. The zero-order valence-corrected chi connectivity index (χ0v) is 26.9. The SMILES string of the molecule is C=C(Cl)C(=N/C=C\C)n1nc(Cn2nnc(C(F)(F)C(F)(F)C(F)(F)F)n2)cc1C(=O)Nc1c(C)cc(Cl)cc1C(=O)NN(C)C(=O)OC. The summed E-state index contributed by atoms with van der Waals surface area (Å²) < 4.78 is 98.6. The molecule has 0 saturated heterocycles. The number of aromatic nitrogens is 6. The average Bonchev–Trinajstić information content (AvgIpc) is 3.65. The van der Waals surface area contributed by atoms with Crippen molar-refractivity contribution in [3.63, 3.8) is 0 Å². The van der Waals surface area contributed by atoms with Crippen LogP contribution in [-0.2, 0) is 17.2 Å². The number of aliphatic imine (C=N–C) groups is 1. The maximum absolute atomic E-state index is 14.1. The molecule has 0 aliphatic heterocycles. The normalized spacial score (nSPS) is 12.6. The van der Waals surface area contributed by atoms with E-state index in [0.717, 1.165) is 17.9 Å². The second-order valence-electron chi connectivity index (χ2n) is 9.63. The Kier molecular flexibility index (Phi) is 11.4. The zero-order valence-electron chi connectivity index (χ0n) is 25.4. The van der Waals surface area contributed by atoms with Crippen LogP contribution in [0.5, 0.6) is 0 Å². The third kappa shape index (κ3) is 8.16. The fourth-order valence-electron chi connectivity index (χ4n) is 3.78. The number of hydrogen-bond donors (Lipinski definition) is 2. The number of carbonyl (C=O) groups is 3. The number of ether oxygens (including phenoxy) is 1. The number of hydrazine groups is 1. The number of halogens is 9. The first-order valence-corrected chi connectivity index (χ1v) is 13.9. The van der Waals surface area contributed by atoms with Crippen LogP contribution >= 0.6 is 23.2 Å². The van der Waals surface area contributed by atoms with Crippen LogP contribution in [0.3, 0.4) is 0 Å². The van der Waals surface area contributed by atoms with Crippen LogP contribution in [0.15, 0.2) is 47.1 Å². The van der Waals surface area contributed by atoms with Gasteiger partial charge in [-0.3, -0.25) is 15.0 Å². The smallest absolute Gasteiger partial charge is 0.452 e. The number of nitrogens with zero attached hydrogens (tertiary/aromatic N) is 8. The van der Waals surface area contributed by atoms with Crippen LogP contribution in [-0.4, -0.2) is 85.0 Å². The molecule has 0 aliphatic rings. The molecule has 3 amide bonds. The third-order valence-corrected chi connectivity index (χ3v) is 6.46. The van der Waals surface area contributed by atoms with E-state index >= 15 is 0 Å². The maximum atomic E-state index is 14.1. The van der Waals surface area contributed by atoms with E-state index in [2.05, 4.69) is 47.6 Å². The Bertz CT molecular complexity index is 1840. The van der Waals surface area contributed by atoms with Gasteiger partial charge in [0.25, 0.3) is 17.6 Å². The lowest BCUT2D eigenvalue weighted by Crippen LogP contribution is -2.50. The molecule has 2 aromatic heterocycles. The highest BCUT2D eigenvalue weighted by atomic mass is 35.5. The topological polar surface area (TPSA) is 162 Å². The van der Waals surface area contributed by atoms with Gasteiger partial charge in [-0.05, 0) is 42.8 Å². The van der Waals surface area contributed by atoms with E-state index in [1.807, 2.05) is 0 Å². The standard InChI is InChI=1S/C26H23Cl2F7N10O4/c1-6-7-36-19(13(3)27)45-17(10-15(39-45)11-44-41-22(38-42-44)24(29,30)25(31,32)26(33,34)35)21(47)37-18-12(2)8-14(28)9-16(18)20(46)40-43(4)23(48)49-5/h6-10H,3,11H2,1-2,4-5H3,(H,37,47)(H,40,46)/b7-6-,36-19?. The first-order chi connectivity index (χ1) is 22.7. The second-order valence-corrected chi connectivity index (χ2v) is 10.5. The van der Waals surface area contributed by atoms with Crippen molar-refractivity contribution in [2.75, 3.05) is 19.5 Å². The molecule has 23 heteroatoms. The van der Waals surface area contributed by atoms with E-state index in [1.165, 1.54) is 38.4 Å².